The highest BCUT2D eigenvalue weighted by Crippen LogP contribution is 2.26. The molecule has 0 spiro atoms. The molecule has 0 radical (unpaired) electrons. The molecule has 0 fully saturated rings. The number of anilines is 1. The van der Waals surface area contributed by atoms with Crippen LogP contribution in [0.4, 0.5) is 5.69 Å². The van der Waals surface area contributed by atoms with E-state index in [1.54, 1.807) is 6.07 Å². The van der Waals surface area contributed by atoms with Crippen molar-refractivity contribution in [3.63, 3.8) is 0 Å². The first-order chi connectivity index (χ1) is 7.85. The van der Waals surface area contributed by atoms with Crippen LogP contribution >= 0.6 is 23.8 Å². The van der Waals surface area contributed by atoms with Crippen LogP contribution in [0.3, 0.4) is 0 Å². The van der Waals surface area contributed by atoms with Crippen molar-refractivity contribution in [2.24, 2.45) is 5.73 Å². The minimum absolute atomic E-state index is 0.00103. The maximum Gasteiger partial charge on any atom is 0.106 e. The van der Waals surface area contributed by atoms with Crippen molar-refractivity contribution in [2.75, 3.05) is 5.32 Å². The van der Waals surface area contributed by atoms with Gasteiger partial charge in [0.15, 0.2) is 0 Å². The van der Waals surface area contributed by atoms with Gasteiger partial charge in [-0.3, -0.25) is 0 Å². The molecule has 2 nitrogen and oxygen atoms in total. The van der Waals surface area contributed by atoms with Gasteiger partial charge in [0.05, 0.1) is 0 Å². The fraction of sp³-hybridized carbons (Fsp3) is 0.462. The van der Waals surface area contributed by atoms with Crippen molar-refractivity contribution < 1.29 is 0 Å². The van der Waals surface area contributed by atoms with Crippen molar-refractivity contribution in [2.45, 2.75) is 39.2 Å². The first-order valence-corrected chi connectivity index (χ1v) is 6.52. The molecular weight excluding hydrogens is 252 g/mol. The van der Waals surface area contributed by atoms with Gasteiger partial charge in [0.2, 0.25) is 0 Å². The molecule has 0 aliphatic heterocycles. The summed E-state index contributed by atoms with van der Waals surface area (Å²) in [5, 5.41) is 4.14. The van der Waals surface area contributed by atoms with E-state index in [1.165, 1.54) is 0 Å². The van der Waals surface area contributed by atoms with E-state index >= 15 is 0 Å². The summed E-state index contributed by atoms with van der Waals surface area (Å²) in [6.45, 7) is 6.47. The van der Waals surface area contributed by atoms with Crippen molar-refractivity contribution >= 4 is 34.5 Å². The van der Waals surface area contributed by atoms with Crippen LogP contribution in [0.5, 0.6) is 0 Å². The molecule has 0 saturated heterocycles. The average molecular weight is 271 g/mol. The number of hydrogen-bond acceptors (Lipinski definition) is 2. The van der Waals surface area contributed by atoms with E-state index in [-0.39, 0.29) is 5.54 Å². The van der Waals surface area contributed by atoms with Crippen LogP contribution in [0, 0.1) is 0 Å². The Morgan fingerprint density at radius 1 is 1.47 bits per heavy atom. The molecule has 4 heteroatoms. The van der Waals surface area contributed by atoms with Gasteiger partial charge in [0.1, 0.15) is 4.99 Å². The summed E-state index contributed by atoms with van der Waals surface area (Å²) in [6, 6.07) is 5.52. The number of nitrogens with one attached hydrogen (secondary N) is 1. The smallest absolute Gasteiger partial charge is 0.106 e. The lowest BCUT2D eigenvalue weighted by atomic mass is 9.97. The van der Waals surface area contributed by atoms with Crippen LogP contribution < -0.4 is 11.1 Å². The molecule has 0 aliphatic rings. The molecule has 1 rings (SSSR count). The topological polar surface area (TPSA) is 38.0 Å². The van der Waals surface area contributed by atoms with Gasteiger partial charge < -0.3 is 11.1 Å². The van der Waals surface area contributed by atoms with E-state index in [0.717, 1.165) is 24.1 Å². The van der Waals surface area contributed by atoms with Gasteiger partial charge >= 0.3 is 0 Å². The fourth-order valence-corrected chi connectivity index (χ4v) is 2.24. The second-order valence-electron chi connectivity index (χ2n) is 4.81. The summed E-state index contributed by atoms with van der Waals surface area (Å²) < 4.78 is 0. The van der Waals surface area contributed by atoms with Crippen LogP contribution in [-0.4, -0.2) is 10.5 Å². The third-order valence-electron chi connectivity index (χ3n) is 2.60. The lowest BCUT2D eigenvalue weighted by Gasteiger charge is -2.28. The molecule has 0 aliphatic carbocycles. The molecule has 1 aromatic rings. The van der Waals surface area contributed by atoms with Gasteiger partial charge in [0.25, 0.3) is 0 Å². The zero-order valence-corrected chi connectivity index (χ0v) is 12.1. The molecule has 17 heavy (non-hydrogen) atoms. The van der Waals surface area contributed by atoms with Gasteiger partial charge in [-0.15, -0.1) is 0 Å². The first kappa shape index (κ1) is 14.3. The van der Waals surface area contributed by atoms with Gasteiger partial charge in [-0.1, -0.05) is 37.2 Å². The predicted octanol–water partition coefficient (Wildman–Crippen LogP) is 3.96. The standard InChI is InChI=1S/C13H19ClN2S/c1-4-7-13(2,3)16-11-8-9(14)5-6-10(11)12(15)17/h5-6,8,16H,4,7H2,1-3H3,(H2,15,17). The van der Waals surface area contributed by atoms with Crippen LogP contribution in [0.2, 0.25) is 5.02 Å². The third-order valence-corrected chi connectivity index (χ3v) is 3.05. The molecular formula is C13H19ClN2S. The van der Waals surface area contributed by atoms with E-state index in [1.807, 2.05) is 12.1 Å². The maximum absolute atomic E-state index is 6.00. The second-order valence-corrected chi connectivity index (χ2v) is 5.69. The minimum atomic E-state index is -0.00103. The van der Waals surface area contributed by atoms with Crippen molar-refractivity contribution in [3.05, 3.63) is 28.8 Å². The molecule has 0 amide bonds. The summed E-state index contributed by atoms with van der Waals surface area (Å²) >= 11 is 11.0. The highest BCUT2D eigenvalue weighted by Gasteiger charge is 2.18. The van der Waals surface area contributed by atoms with E-state index in [0.29, 0.717) is 10.0 Å². The summed E-state index contributed by atoms with van der Waals surface area (Å²) in [4.78, 5) is 0.386. The lowest BCUT2D eigenvalue weighted by molar-refractivity contribution is 0.511. The Balaban J connectivity index is 3.04. The second kappa shape index (κ2) is 5.69. The van der Waals surface area contributed by atoms with Gasteiger partial charge in [-0.25, -0.2) is 0 Å². The average Bonchev–Trinajstić information content (AvgIpc) is 2.15. The molecule has 0 heterocycles. The Hall–Kier alpha value is -0.800. The Bertz CT molecular complexity index is 416. The van der Waals surface area contributed by atoms with Crippen LogP contribution in [0.25, 0.3) is 0 Å². The monoisotopic (exact) mass is 270 g/mol. The van der Waals surface area contributed by atoms with E-state index in [4.69, 9.17) is 29.6 Å². The summed E-state index contributed by atoms with van der Waals surface area (Å²) in [7, 11) is 0. The highest BCUT2D eigenvalue weighted by molar-refractivity contribution is 7.80. The third kappa shape index (κ3) is 4.17. The molecule has 3 N–H and O–H groups in total. The number of benzene rings is 1. The quantitative estimate of drug-likeness (QED) is 0.796. The molecule has 0 atom stereocenters. The Morgan fingerprint density at radius 3 is 2.65 bits per heavy atom. The molecule has 0 unspecified atom stereocenters. The zero-order chi connectivity index (χ0) is 13.1. The van der Waals surface area contributed by atoms with E-state index < -0.39 is 0 Å². The van der Waals surface area contributed by atoms with Gasteiger partial charge in [-0.05, 0) is 38.5 Å². The van der Waals surface area contributed by atoms with Crippen LogP contribution in [0.1, 0.15) is 39.2 Å². The largest absolute Gasteiger partial charge is 0.389 e. The normalized spacial score (nSPS) is 11.3. The summed E-state index contributed by atoms with van der Waals surface area (Å²) in [5.74, 6) is 0. The summed E-state index contributed by atoms with van der Waals surface area (Å²) in [5.41, 5.74) is 7.45. The zero-order valence-electron chi connectivity index (χ0n) is 10.5. The van der Waals surface area contributed by atoms with E-state index in [2.05, 4.69) is 26.1 Å². The van der Waals surface area contributed by atoms with Crippen LogP contribution in [0.15, 0.2) is 18.2 Å². The Labute approximate surface area is 114 Å². The van der Waals surface area contributed by atoms with Crippen molar-refractivity contribution in [1.82, 2.24) is 0 Å². The number of nitrogens with two attached hydrogens (primary N) is 1. The van der Waals surface area contributed by atoms with Crippen LogP contribution in [-0.2, 0) is 0 Å². The fourth-order valence-electron chi connectivity index (χ4n) is 1.89. The van der Waals surface area contributed by atoms with Crippen molar-refractivity contribution in [1.29, 1.82) is 0 Å². The Kier molecular flexibility index (Phi) is 4.78. The molecule has 1 aromatic carbocycles. The highest BCUT2D eigenvalue weighted by atomic mass is 35.5. The molecule has 94 valence electrons. The summed E-state index contributed by atoms with van der Waals surface area (Å²) in [6.07, 6.45) is 2.18. The minimum Gasteiger partial charge on any atom is -0.389 e. The molecule has 0 bridgehead atoms. The molecule has 0 saturated carbocycles. The Morgan fingerprint density at radius 2 is 2.12 bits per heavy atom. The number of thiocarbonyl (C=S) groups is 1. The first-order valence-electron chi connectivity index (χ1n) is 5.73. The van der Waals surface area contributed by atoms with E-state index in [9.17, 15) is 0 Å². The SMILES string of the molecule is CCCC(C)(C)Nc1cc(Cl)ccc1C(N)=S. The predicted molar refractivity (Wildman–Crippen MR) is 79.9 cm³/mol. The van der Waals surface area contributed by atoms with Crippen molar-refractivity contribution in [3.8, 4) is 0 Å². The van der Waals surface area contributed by atoms with Gasteiger partial charge in [0, 0.05) is 21.8 Å². The van der Waals surface area contributed by atoms with Gasteiger partial charge in [-0.2, -0.15) is 0 Å². The lowest BCUT2D eigenvalue weighted by Crippen LogP contribution is -2.31. The number of rotatable bonds is 5. The number of hydrogen-bond donors (Lipinski definition) is 2. The number of halogens is 1. The molecule has 0 aromatic heterocycles. The maximum atomic E-state index is 6.00.